The zero-order valence-electron chi connectivity index (χ0n) is 20.0. The molecule has 0 fully saturated rings. The molecule has 3 aromatic heterocycles. The standard InChI is InChI=1S/C27H30N6O/c1-18-11-12-21(26-31-30-25-10-5-4-8-14-32(25)26)16-24(18)29-27(34)23-15-19(2)33(20(23)3)17-22-9-6-7-13-28-22/h6-7,9,11-13,15-16H,4-5,8,10,14,17H2,1-3H3,(H,29,34). The van der Waals surface area contributed by atoms with Gasteiger partial charge < -0.3 is 14.5 Å². The van der Waals surface area contributed by atoms with Crippen LogP contribution in [-0.2, 0) is 19.5 Å². The molecule has 0 radical (unpaired) electrons. The Morgan fingerprint density at radius 1 is 1.03 bits per heavy atom. The number of carbonyl (C=O) groups is 1. The number of fused-ring (bicyclic) bond motifs is 1. The van der Waals surface area contributed by atoms with Gasteiger partial charge in [-0.05, 0) is 63.4 Å². The highest BCUT2D eigenvalue weighted by Crippen LogP contribution is 2.28. The van der Waals surface area contributed by atoms with E-state index in [2.05, 4.69) is 35.7 Å². The second-order valence-electron chi connectivity index (χ2n) is 9.08. The van der Waals surface area contributed by atoms with Gasteiger partial charge in [0.2, 0.25) is 0 Å². The molecule has 5 rings (SSSR count). The highest BCUT2D eigenvalue weighted by Gasteiger charge is 2.19. The third-order valence-corrected chi connectivity index (χ3v) is 6.72. The maximum atomic E-state index is 13.3. The van der Waals surface area contributed by atoms with E-state index in [1.165, 1.54) is 6.42 Å². The van der Waals surface area contributed by atoms with E-state index < -0.39 is 0 Å². The van der Waals surface area contributed by atoms with Crippen LogP contribution in [0.3, 0.4) is 0 Å². The predicted molar refractivity (Wildman–Crippen MR) is 133 cm³/mol. The third kappa shape index (κ3) is 4.25. The Hall–Kier alpha value is -3.74. The number of hydrogen-bond donors (Lipinski definition) is 1. The van der Waals surface area contributed by atoms with Gasteiger partial charge in [0.15, 0.2) is 5.82 Å². The summed E-state index contributed by atoms with van der Waals surface area (Å²) in [6, 6.07) is 13.9. The van der Waals surface area contributed by atoms with Gasteiger partial charge in [0.25, 0.3) is 5.91 Å². The van der Waals surface area contributed by atoms with Crippen LogP contribution < -0.4 is 5.32 Å². The van der Waals surface area contributed by atoms with Gasteiger partial charge in [0.1, 0.15) is 5.82 Å². The van der Waals surface area contributed by atoms with E-state index in [4.69, 9.17) is 0 Å². The maximum Gasteiger partial charge on any atom is 0.257 e. The maximum absolute atomic E-state index is 13.3. The normalized spacial score (nSPS) is 13.4. The zero-order chi connectivity index (χ0) is 23.7. The van der Waals surface area contributed by atoms with Crippen molar-refractivity contribution in [1.29, 1.82) is 0 Å². The number of nitrogens with zero attached hydrogens (tertiary/aromatic N) is 5. The minimum Gasteiger partial charge on any atom is -0.342 e. The molecule has 4 heterocycles. The van der Waals surface area contributed by atoms with E-state index in [-0.39, 0.29) is 5.91 Å². The van der Waals surface area contributed by atoms with Crippen LogP contribution in [0.25, 0.3) is 11.4 Å². The first-order chi connectivity index (χ1) is 16.5. The van der Waals surface area contributed by atoms with E-state index in [0.29, 0.717) is 12.1 Å². The topological polar surface area (TPSA) is 77.6 Å². The van der Waals surface area contributed by atoms with Crippen LogP contribution >= 0.6 is 0 Å². The molecule has 1 aliphatic rings. The Bertz CT molecular complexity index is 1330. The number of pyridine rings is 1. The second-order valence-corrected chi connectivity index (χ2v) is 9.08. The van der Waals surface area contributed by atoms with Gasteiger partial charge in [-0.2, -0.15) is 0 Å². The van der Waals surface area contributed by atoms with Crippen molar-refractivity contribution >= 4 is 11.6 Å². The van der Waals surface area contributed by atoms with Crippen LogP contribution in [0.2, 0.25) is 0 Å². The van der Waals surface area contributed by atoms with Crippen LogP contribution in [0.1, 0.15) is 58.1 Å². The van der Waals surface area contributed by atoms with Crippen molar-refractivity contribution in [2.75, 3.05) is 5.32 Å². The van der Waals surface area contributed by atoms with Crippen molar-refractivity contribution in [2.24, 2.45) is 0 Å². The predicted octanol–water partition coefficient (Wildman–Crippen LogP) is 5.09. The Labute approximate surface area is 199 Å². The van der Waals surface area contributed by atoms with Crippen LogP contribution in [-0.4, -0.2) is 30.2 Å². The molecule has 1 aromatic carbocycles. The number of hydrogen-bond acceptors (Lipinski definition) is 4. The monoisotopic (exact) mass is 454 g/mol. The zero-order valence-corrected chi connectivity index (χ0v) is 20.0. The van der Waals surface area contributed by atoms with Gasteiger partial charge >= 0.3 is 0 Å². The molecule has 1 N–H and O–H groups in total. The molecule has 0 saturated carbocycles. The third-order valence-electron chi connectivity index (χ3n) is 6.72. The Kier molecular flexibility index (Phi) is 6.01. The highest BCUT2D eigenvalue weighted by atomic mass is 16.1. The molecular weight excluding hydrogens is 424 g/mol. The first-order valence-corrected chi connectivity index (χ1v) is 11.9. The van der Waals surface area contributed by atoms with Gasteiger partial charge in [-0.25, -0.2) is 0 Å². The van der Waals surface area contributed by atoms with E-state index >= 15 is 0 Å². The summed E-state index contributed by atoms with van der Waals surface area (Å²) in [4.78, 5) is 17.7. The smallest absolute Gasteiger partial charge is 0.257 e. The van der Waals surface area contributed by atoms with Crippen molar-refractivity contribution in [1.82, 2.24) is 24.3 Å². The number of benzene rings is 1. The number of aryl methyl sites for hydroxylation is 3. The fraction of sp³-hybridized carbons (Fsp3) is 0.333. The summed E-state index contributed by atoms with van der Waals surface area (Å²) in [5.74, 6) is 1.82. The van der Waals surface area contributed by atoms with E-state index in [9.17, 15) is 4.79 Å². The number of aromatic nitrogens is 5. The average molecular weight is 455 g/mol. The molecular formula is C27H30N6O. The summed E-state index contributed by atoms with van der Waals surface area (Å²) < 4.78 is 4.36. The van der Waals surface area contributed by atoms with Gasteiger partial charge in [-0.1, -0.05) is 24.6 Å². The first kappa shape index (κ1) is 22.1. The summed E-state index contributed by atoms with van der Waals surface area (Å²) in [7, 11) is 0. The lowest BCUT2D eigenvalue weighted by Gasteiger charge is -2.12. The minimum atomic E-state index is -0.110. The number of amides is 1. The number of nitrogens with one attached hydrogen (secondary N) is 1. The average Bonchev–Trinajstić information content (AvgIpc) is 3.26. The lowest BCUT2D eigenvalue weighted by molar-refractivity contribution is 0.102. The molecule has 174 valence electrons. The van der Waals surface area contributed by atoms with Crippen LogP contribution in [0.5, 0.6) is 0 Å². The Morgan fingerprint density at radius 3 is 2.74 bits per heavy atom. The number of rotatable bonds is 5. The van der Waals surface area contributed by atoms with Crippen LogP contribution in [0.4, 0.5) is 5.69 Å². The second kappa shape index (κ2) is 9.25. The lowest BCUT2D eigenvalue weighted by Crippen LogP contribution is -2.14. The van der Waals surface area contributed by atoms with E-state index in [0.717, 1.165) is 71.4 Å². The van der Waals surface area contributed by atoms with Crippen molar-refractivity contribution in [3.05, 3.63) is 82.7 Å². The Morgan fingerprint density at radius 2 is 1.91 bits per heavy atom. The van der Waals surface area contributed by atoms with Gasteiger partial charge in [0, 0.05) is 41.8 Å². The van der Waals surface area contributed by atoms with Gasteiger partial charge in [0.05, 0.1) is 17.8 Å². The summed E-state index contributed by atoms with van der Waals surface area (Å²) in [5, 5.41) is 12.0. The van der Waals surface area contributed by atoms with Crippen molar-refractivity contribution < 1.29 is 4.79 Å². The van der Waals surface area contributed by atoms with E-state index in [1.807, 2.05) is 57.2 Å². The largest absolute Gasteiger partial charge is 0.342 e. The SMILES string of the molecule is Cc1ccc(-c2nnc3n2CCCCC3)cc1NC(=O)c1cc(C)n(Cc2ccccn2)c1C. The first-order valence-electron chi connectivity index (χ1n) is 11.9. The molecule has 0 atom stereocenters. The summed E-state index contributed by atoms with van der Waals surface area (Å²) in [6.07, 6.45) is 6.28. The highest BCUT2D eigenvalue weighted by molar-refractivity contribution is 6.06. The number of anilines is 1. The number of carbonyl (C=O) groups excluding carboxylic acids is 1. The molecule has 0 spiro atoms. The van der Waals surface area contributed by atoms with E-state index in [1.54, 1.807) is 6.20 Å². The Balaban J connectivity index is 1.41. The molecule has 7 heteroatoms. The lowest BCUT2D eigenvalue weighted by atomic mass is 10.1. The van der Waals surface area contributed by atoms with Crippen LogP contribution in [0.15, 0.2) is 48.7 Å². The summed E-state index contributed by atoms with van der Waals surface area (Å²) >= 11 is 0. The fourth-order valence-corrected chi connectivity index (χ4v) is 4.71. The molecule has 0 unspecified atom stereocenters. The fourth-order valence-electron chi connectivity index (χ4n) is 4.71. The summed E-state index contributed by atoms with van der Waals surface area (Å²) in [5.41, 5.74) is 6.38. The van der Waals surface area contributed by atoms with Gasteiger partial charge in [-0.3, -0.25) is 9.78 Å². The molecule has 1 aliphatic heterocycles. The van der Waals surface area contributed by atoms with Crippen molar-refractivity contribution in [3.63, 3.8) is 0 Å². The molecule has 0 saturated heterocycles. The van der Waals surface area contributed by atoms with Crippen molar-refractivity contribution in [2.45, 2.75) is 59.5 Å². The van der Waals surface area contributed by atoms with Crippen LogP contribution in [0, 0.1) is 20.8 Å². The minimum absolute atomic E-state index is 0.110. The molecule has 34 heavy (non-hydrogen) atoms. The molecule has 0 bridgehead atoms. The van der Waals surface area contributed by atoms with Crippen molar-refractivity contribution in [3.8, 4) is 11.4 Å². The summed E-state index contributed by atoms with van der Waals surface area (Å²) in [6.45, 7) is 7.59. The molecule has 1 amide bonds. The molecule has 7 nitrogen and oxygen atoms in total. The molecule has 4 aromatic rings. The quantitative estimate of drug-likeness (QED) is 0.455. The molecule has 0 aliphatic carbocycles. The van der Waals surface area contributed by atoms with Gasteiger partial charge in [-0.15, -0.1) is 10.2 Å².